The number of halogens is 4. The Labute approximate surface area is 283 Å². The minimum atomic E-state index is -4.77. The largest absolute Gasteiger partial charge is 0.465 e. The number of aromatic amines is 1. The number of esters is 1. The van der Waals surface area contributed by atoms with Gasteiger partial charge in [-0.2, -0.15) is 13.2 Å². The Balaban J connectivity index is 1.49. The summed E-state index contributed by atoms with van der Waals surface area (Å²) in [6.45, 7) is 8.58. The quantitative estimate of drug-likeness (QED) is 0.129. The molecule has 1 amide bonds. The molecule has 1 aliphatic carbocycles. The number of amides is 1. The normalized spacial score (nSPS) is 17.7. The number of carbonyl (C=O) groups excluding carboxylic acids is 2. The van der Waals surface area contributed by atoms with Crippen LogP contribution in [0, 0.1) is 0 Å². The third-order valence-electron chi connectivity index (χ3n) is 8.45. The lowest BCUT2D eigenvalue weighted by Gasteiger charge is -2.28. The number of nitrogens with zero attached hydrogens (tertiary/aromatic N) is 4. The van der Waals surface area contributed by atoms with Gasteiger partial charge in [0.2, 0.25) is 5.95 Å². The molecule has 1 saturated carbocycles. The fourth-order valence-corrected chi connectivity index (χ4v) is 7.54. The molecular weight excluding hydrogens is 667 g/mol. The van der Waals surface area contributed by atoms with Gasteiger partial charge >= 0.3 is 18.2 Å². The maximum Gasteiger partial charge on any atom is 0.419 e. The topological polar surface area (TPSA) is 130 Å². The smallest absolute Gasteiger partial charge is 0.419 e. The summed E-state index contributed by atoms with van der Waals surface area (Å²) in [7, 11) is 1.47. The van der Waals surface area contributed by atoms with Crippen LogP contribution in [0.5, 0.6) is 0 Å². The number of carbonyl (C=O) groups is 2. The van der Waals surface area contributed by atoms with Crippen LogP contribution in [-0.2, 0) is 20.2 Å². The van der Waals surface area contributed by atoms with Crippen molar-refractivity contribution in [2.45, 2.75) is 76.5 Å². The van der Waals surface area contributed by atoms with Crippen molar-refractivity contribution in [1.29, 1.82) is 0 Å². The molecule has 2 heterocycles. The highest BCUT2D eigenvalue weighted by molar-refractivity contribution is 7.70. The van der Waals surface area contributed by atoms with Crippen LogP contribution in [0.4, 0.5) is 28.3 Å². The number of hydrogen-bond donors (Lipinski definition) is 2. The Morgan fingerprint density at radius 3 is 2.47 bits per heavy atom. The lowest BCUT2D eigenvalue weighted by atomic mass is 10.0. The first-order chi connectivity index (χ1) is 22.7. The van der Waals surface area contributed by atoms with Gasteiger partial charge < -0.3 is 34.1 Å². The Bertz CT molecular complexity index is 1720. The molecule has 0 spiro atoms. The van der Waals surface area contributed by atoms with Gasteiger partial charge in [-0.05, 0) is 72.9 Å². The van der Waals surface area contributed by atoms with Gasteiger partial charge in [-0.25, -0.2) is 23.9 Å². The van der Waals surface area contributed by atoms with Crippen LogP contribution in [0.1, 0.15) is 62.4 Å². The zero-order valence-electron chi connectivity index (χ0n) is 29.1. The van der Waals surface area contributed by atoms with Crippen molar-refractivity contribution in [2.24, 2.45) is 0 Å². The highest BCUT2D eigenvalue weighted by Gasteiger charge is 2.37. The van der Waals surface area contributed by atoms with E-state index in [1.807, 2.05) is 11.9 Å². The van der Waals surface area contributed by atoms with Gasteiger partial charge in [0.05, 0.1) is 23.9 Å². The number of anilines is 1. The SMILES string of the molecule is COC(=O)c1ccc2c(-c3nc(N[C@H]4CCC(N(C)CC(F)CCN(C)C(=O)OC(C)(C)C)C4)ncc3C(F)(F)F)c[nH]c2c1P(C)(C)=O. The van der Waals surface area contributed by atoms with E-state index in [1.54, 1.807) is 27.8 Å². The molecule has 1 aromatic carbocycles. The van der Waals surface area contributed by atoms with E-state index in [0.29, 0.717) is 18.2 Å². The van der Waals surface area contributed by atoms with Crippen molar-refractivity contribution in [3.63, 3.8) is 0 Å². The van der Waals surface area contributed by atoms with Crippen LogP contribution in [0.15, 0.2) is 24.5 Å². The molecule has 1 aliphatic rings. The Kier molecular flexibility index (Phi) is 11.4. The summed E-state index contributed by atoms with van der Waals surface area (Å²) in [6.07, 6.45) is -2.25. The van der Waals surface area contributed by atoms with Gasteiger partial charge in [0.25, 0.3) is 0 Å². The highest BCUT2D eigenvalue weighted by Crippen LogP contribution is 2.43. The summed E-state index contributed by atoms with van der Waals surface area (Å²) < 4.78 is 81.0. The van der Waals surface area contributed by atoms with E-state index < -0.39 is 42.7 Å². The molecule has 2 unspecified atom stereocenters. The van der Waals surface area contributed by atoms with E-state index >= 15 is 0 Å². The number of ether oxygens (including phenoxy) is 2. The number of fused-ring (bicyclic) bond motifs is 1. The Morgan fingerprint density at radius 1 is 1.16 bits per heavy atom. The van der Waals surface area contributed by atoms with Gasteiger partial charge in [-0.1, -0.05) is 6.07 Å². The number of hydrogen-bond acceptors (Lipinski definition) is 9. The number of rotatable bonds is 11. The Hall–Kier alpha value is -3.71. The highest BCUT2D eigenvalue weighted by atomic mass is 31.2. The number of H-pyrrole nitrogens is 1. The van der Waals surface area contributed by atoms with Crippen LogP contribution >= 0.6 is 7.14 Å². The maximum absolute atomic E-state index is 14.9. The zero-order valence-corrected chi connectivity index (χ0v) is 30.0. The molecular formula is C33H45F4N6O5P. The number of benzene rings is 1. The molecule has 4 rings (SSSR count). The zero-order chi connectivity index (χ0) is 36.5. The summed E-state index contributed by atoms with van der Waals surface area (Å²) >= 11 is 0. The van der Waals surface area contributed by atoms with Crippen molar-refractivity contribution in [1.82, 2.24) is 24.8 Å². The van der Waals surface area contributed by atoms with Gasteiger partial charge in [-0.3, -0.25) is 0 Å². The second kappa shape index (κ2) is 14.6. The molecule has 1 fully saturated rings. The van der Waals surface area contributed by atoms with Gasteiger partial charge in [0.1, 0.15) is 24.5 Å². The first-order valence-electron chi connectivity index (χ1n) is 16.0. The first-order valence-corrected chi connectivity index (χ1v) is 18.6. The molecule has 0 radical (unpaired) electrons. The van der Waals surface area contributed by atoms with Crippen LogP contribution < -0.4 is 10.6 Å². The summed E-state index contributed by atoms with van der Waals surface area (Å²) in [5.41, 5.74) is -1.64. The van der Waals surface area contributed by atoms with Crippen LogP contribution in [0.25, 0.3) is 22.2 Å². The number of alkyl halides is 4. The molecule has 0 saturated heterocycles. The fraction of sp³-hybridized carbons (Fsp3) is 0.576. The van der Waals surface area contributed by atoms with E-state index in [0.717, 1.165) is 12.6 Å². The van der Waals surface area contributed by atoms with Crippen LogP contribution in [0.3, 0.4) is 0 Å². The van der Waals surface area contributed by atoms with E-state index in [1.165, 1.54) is 43.7 Å². The standard InChI is InChI=1S/C33H45F4N6O5P/c1-32(2,3)48-31(45)42(4)14-13-19(34)18-43(5)21-10-9-20(15-21)40-30-39-17-25(33(35,36)37)26(41-30)24-16-38-27-22(24)11-12-23(29(44)47-6)28(27)49(7,8)46/h11-12,16-17,19-21,38H,9-10,13-15,18H2,1-8H3,(H,39,40,41)/t19?,20-,21?/m0/s1. The Morgan fingerprint density at radius 2 is 1.86 bits per heavy atom. The number of aromatic nitrogens is 3. The molecule has 0 aliphatic heterocycles. The van der Waals surface area contributed by atoms with Crippen LogP contribution in [-0.4, -0.2) is 108 Å². The molecule has 3 atom stereocenters. The maximum atomic E-state index is 14.9. The molecule has 3 aromatic rings. The van der Waals surface area contributed by atoms with E-state index in [4.69, 9.17) is 9.47 Å². The summed E-state index contributed by atoms with van der Waals surface area (Å²) in [5.74, 6) is -0.711. The van der Waals surface area contributed by atoms with E-state index in [2.05, 4.69) is 20.3 Å². The average molecular weight is 713 g/mol. The molecule has 2 N–H and O–H groups in total. The summed E-state index contributed by atoms with van der Waals surface area (Å²) in [5, 5.41) is 3.65. The number of nitrogens with one attached hydrogen (secondary N) is 2. The lowest BCUT2D eigenvalue weighted by Crippen LogP contribution is -2.38. The van der Waals surface area contributed by atoms with Gasteiger partial charge in [0.15, 0.2) is 0 Å². The monoisotopic (exact) mass is 712 g/mol. The second-order valence-corrected chi connectivity index (χ2v) is 17.1. The fourth-order valence-electron chi connectivity index (χ4n) is 6.07. The summed E-state index contributed by atoms with van der Waals surface area (Å²) in [6, 6.07) is 2.72. The average Bonchev–Trinajstić information content (AvgIpc) is 3.64. The van der Waals surface area contributed by atoms with Crippen molar-refractivity contribution in [3.05, 3.63) is 35.7 Å². The molecule has 270 valence electrons. The molecule has 0 bridgehead atoms. The third-order valence-corrected chi connectivity index (χ3v) is 9.99. The minimum absolute atomic E-state index is 0.00209. The third kappa shape index (κ3) is 9.30. The second-order valence-electron chi connectivity index (χ2n) is 13.9. The van der Waals surface area contributed by atoms with E-state index in [-0.39, 0.29) is 65.2 Å². The van der Waals surface area contributed by atoms with Crippen molar-refractivity contribution in [2.75, 3.05) is 52.9 Å². The predicted molar refractivity (Wildman–Crippen MR) is 181 cm³/mol. The van der Waals surface area contributed by atoms with Crippen molar-refractivity contribution >= 4 is 41.4 Å². The molecule has 49 heavy (non-hydrogen) atoms. The molecule has 16 heteroatoms. The lowest BCUT2D eigenvalue weighted by molar-refractivity contribution is -0.137. The van der Waals surface area contributed by atoms with E-state index in [9.17, 15) is 31.7 Å². The van der Waals surface area contributed by atoms with Crippen molar-refractivity contribution in [3.8, 4) is 11.3 Å². The molecule has 2 aromatic heterocycles. The number of methoxy groups -OCH3 is 1. The first kappa shape index (κ1) is 38.1. The van der Waals surface area contributed by atoms with Gasteiger partial charge in [0, 0.05) is 60.9 Å². The minimum Gasteiger partial charge on any atom is -0.465 e. The van der Waals surface area contributed by atoms with Gasteiger partial charge in [-0.15, -0.1) is 0 Å². The molecule has 11 nitrogen and oxygen atoms in total. The summed E-state index contributed by atoms with van der Waals surface area (Å²) in [4.78, 5) is 39.1. The van der Waals surface area contributed by atoms with Crippen molar-refractivity contribution < 1.29 is 41.2 Å². The van der Waals surface area contributed by atoms with Crippen LogP contribution in [0.2, 0.25) is 0 Å². The predicted octanol–water partition coefficient (Wildman–Crippen LogP) is 6.54.